The molecule has 0 aliphatic heterocycles. The molecule has 136 valence electrons. The van der Waals surface area contributed by atoms with Crippen molar-refractivity contribution >= 4 is 27.5 Å². The normalized spacial score (nSPS) is 14.7. The molecule has 1 N–H and O–H groups in total. The predicted molar refractivity (Wildman–Crippen MR) is 104 cm³/mol. The van der Waals surface area contributed by atoms with E-state index in [2.05, 4.69) is 6.92 Å². The summed E-state index contributed by atoms with van der Waals surface area (Å²) >= 11 is 1.82. The minimum Gasteiger partial charge on any atom is -0.481 e. The van der Waals surface area contributed by atoms with Crippen molar-refractivity contribution in [1.29, 1.82) is 0 Å². The van der Waals surface area contributed by atoms with Gasteiger partial charge in [0.15, 0.2) is 0 Å². The molecule has 1 unspecified atom stereocenters. The van der Waals surface area contributed by atoms with Gasteiger partial charge in [0.2, 0.25) is 0 Å². The van der Waals surface area contributed by atoms with Gasteiger partial charge in [-0.3, -0.25) is 4.79 Å². The molecule has 1 aliphatic carbocycles. The molecule has 3 heterocycles. The second-order valence-electron chi connectivity index (χ2n) is 7.20. The first-order valence-corrected chi connectivity index (χ1v) is 10.1. The van der Waals surface area contributed by atoms with E-state index in [1.54, 1.807) is 13.2 Å². The van der Waals surface area contributed by atoms with Gasteiger partial charge in [0.25, 0.3) is 0 Å². The van der Waals surface area contributed by atoms with Crippen LogP contribution in [0.1, 0.15) is 47.9 Å². The summed E-state index contributed by atoms with van der Waals surface area (Å²) in [4.78, 5) is 18.6. The third kappa shape index (κ3) is 2.94. The van der Waals surface area contributed by atoms with Crippen molar-refractivity contribution < 1.29 is 14.3 Å². The molecule has 26 heavy (non-hydrogen) atoms. The van der Waals surface area contributed by atoms with Crippen LogP contribution in [-0.4, -0.2) is 16.1 Å². The zero-order chi connectivity index (χ0) is 18.3. The van der Waals surface area contributed by atoms with Crippen molar-refractivity contribution in [3.05, 3.63) is 40.1 Å². The lowest BCUT2D eigenvalue weighted by molar-refractivity contribution is -0.141. The van der Waals surface area contributed by atoms with Crippen LogP contribution in [0.25, 0.3) is 21.5 Å². The Kier molecular flexibility index (Phi) is 4.57. The van der Waals surface area contributed by atoms with Gasteiger partial charge in [-0.25, -0.2) is 4.98 Å². The van der Waals surface area contributed by atoms with Gasteiger partial charge in [0.1, 0.15) is 10.6 Å². The maximum atomic E-state index is 11.1. The van der Waals surface area contributed by atoms with Gasteiger partial charge in [-0.2, -0.15) is 0 Å². The van der Waals surface area contributed by atoms with Crippen molar-refractivity contribution in [3.8, 4) is 11.3 Å². The van der Waals surface area contributed by atoms with Gasteiger partial charge >= 0.3 is 5.97 Å². The van der Waals surface area contributed by atoms with Crippen molar-refractivity contribution in [2.45, 2.75) is 52.4 Å². The fraction of sp³-hybridized carbons (Fsp3) is 0.429. The Labute approximate surface area is 156 Å². The van der Waals surface area contributed by atoms with Crippen molar-refractivity contribution in [2.75, 3.05) is 0 Å². The summed E-state index contributed by atoms with van der Waals surface area (Å²) < 4.78 is 5.80. The molecule has 0 radical (unpaired) electrons. The molecule has 0 fully saturated rings. The van der Waals surface area contributed by atoms with Crippen molar-refractivity contribution in [3.63, 3.8) is 0 Å². The van der Waals surface area contributed by atoms with Gasteiger partial charge in [-0.15, -0.1) is 11.3 Å². The summed E-state index contributed by atoms with van der Waals surface area (Å²) in [5, 5.41) is 10.4. The quantitative estimate of drug-likeness (QED) is 0.632. The van der Waals surface area contributed by atoms with E-state index in [9.17, 15) is 4.79 Å². The van der Waals surface area contributed by atoms with E-state index in [0.29, 0.717) is 6.42 Å². The molecular formula is C21H23NO3S. The molecule has 0 bridgehead atoms. The number of aromatic nitrogens is 1. The first-order chi connectivity index (χ1) is 12.6. The van der Waals surface area contributed by atoms with Crippen molar-refractivity contribution in [2.24, 2.45) is 5.92 Å². The zero-order valence-corrected chi connectivity index (χ0v) is 16.0. The van der Waals surface area contributed by atoms with Crippen LogP contribution in [-0.2, 0) is 24.1 Å². The summed E-state index contributed by atoms with van der Waals surface area (Å²) in [6.07, 6.45) is 7.54. The first kappa shape index (κ1) is 17.3. The highest BCUT2D eigenvalue weighted by atomic mass is 32.1. The number of nitrogens with zero attached hydrogens (tertiary/aromatic N) is 1. The second-order valence-corrected chi connectivity index (χ2v) is 8.28. The summed E-state index contributed by atoms with van der Waals surface area (Å²) in [6, 6.07) is 3.95. The molecule has 1 atom stereocenters. The van der Waals surface area contributed by atoms with E-state index in [1.165, 1.54) is 33.4 Å². The highest BCUT2D eigenvalue weighted by molar-refractivity contribution is 7.19. The molecule has 4 rings (SSSR count). The van der Waals surface area contributed by atoms with Crippen LogP contribution < -0.4 is 0 Å². The molecule has 4 nitrogen and oxygen atoms in total. The number of thiophene rings is 1. The van der Waals surface area contributed by atoms with Gasteiger partial charge in [0, 0.05) is 21.5 Å². The summed E-state index contributed by atoms with van der Waals surface area (Å²) in [5.41, 5.74) is 4.87. The minimum atomic E-state index is -0.725. The maximum absolute atomic E-state index is 11.1. The number of hydrogen-bond acceptors (Lipinski definition) is 4. The van der Waals surface area contributed by atoms with Gasteiger partial charge in [-0.05, 0) is 68.7 Å². The fourth-order valence-corrected chi connectivity index (χ4v) is 5.30. The van der Waals surface area contributed by atoms with Crippen LogP contribution in [0.2, 0.25) is 0 Å². The minimum absolute atomic E-state index is 0.315. The SMILES string of the molecule is Cc1nc2sc3c(c2c(-c2ccco2)c1CCCC(C)C(=O)O)CCC3. The highest BCUT2D eigenvalue weighted by Gasteiger charge is 2.25. The lowest BCUT2D eigenvalue weighted by atomic mass is 9.93. The summed E-state index contributed by atoms with van der Waals surface area (Å²) in [5.74, 6) is -0.143. The Morgan fingerprint density at radius 3 is 3.00 bits per heavy atom. The number of pyridine rings is 1. The van der Waals surface area contributed by atoms with Crippen LogP contribution >= 0.6 is 11.3 Å². The lowest BCUT2D eigenvalue weighted by Gasteiger charge is -2.14. The Hall–Kier alpha value is -2.14. The van der Waals surface area contributed by atoms with E-state index in [0.717, 1.165) is 42.0 Å². The number of carboxylic acid groups (broad SMARTS) is 1. The predicted octanol–water partition coefficient (Wildman–Crippen LogP) is 5.40. The number of furan rings is 1. The second kappa shape index (κ2) is 6.88. The largest absolute Gasteiger partial charge is 0.481 e. The van der Waals surface area contributed by atoms with Crippen LogP contribution in [0.4, 0.5) is 0 Å². The third-order valence-corrected chi connectivity index (χ3v) is 6.60. The lowest BCUT2D eigenvalue weighted by Crippen LogP contribution is -2.10. The molecule has 0 saturated heterocycles. The van der Waals surface area contributed by atoms with Gasteiger partial charge < -0.3 is 9.52 Å². The Morgan fingerprint density at radius 2 is 2.27 bits per heavy atom. The van der Waals surface area contributed by atoms with E-state index in [-0.39, 0.29) is 5.92 Å². The van der Waals surface area contributed by atoms with E-state index < -0.39 is 5.97 Å². The van der Waals surface area contributed by atoms with Crippen LogP contribution in [0.3, 0.4) is 0 Å². The van der Waals surface area contributed by atoms with Crippen LogP contribution in [0.5, 0.6) is 0 Å². The first-order valence-electron chi connectivity index (χ1n) is 9.26. The van der Waals surface area contributed by atoms with Crippen molar-refractivity contribution in [1.82, 2.24) is 4.98 Å². The third-order valence-electron chi connectivity index (χ3n) is 5.41. The molecule has 0 amide bonds. The molecule has 5 heteroatoms. The molecule has 0 spiro atoms. The van der Waals surface area contributed by atoms with E-state index in [4.69, 9.17) is 14.5 Å². The maximum Gasteiger partial charge on any atom is 0.306 e. The number of carbonyl (C=O) groups is 1. The Morgan fingerprint density at radius 1 is 1.42 bits per heavy atom. The highest BCUT2D eigenvalue weighted by Crippen LogP contribution is 2.44. The standard InChI is InChI=1S/C21H23NO3S/c1-12(21(23)24)6-3-7-14-13(2)22-20-19(15-8-4-10-17(15)26-20)18(14)16-9-5-11-25-16/h5,9,11-12H,3-4,6-8,10H2,1-2H3,(H,23,24). The molecule has 0 aromatic carbocycles. The van der Waals surface area contributed by atoms with E-state index >= 15 is 0 Å². The average Bonchev–Trinajstić information content (AvgIpc) is 3.31. The Bertz CT molecular complexity index is 956. The smallest absolute Gasteiger partial charge is 0.306 e. The number of carboxylic acids is 1. The molecule has 0 saturated carbocycles. The number of hydrogen-bond donors (Lipinski definition) is 1. The number of fused-ring (bicyclic) bond motifs is 3. The zero-order valence-electron chi connectivity index (χ0n) is 15.2. The summed E-state index contributed by atoms with van der Waals surface area (Å²) in [6.45, 7) is 3.84. The number of rotatable bonds is 6. The molecule has 3 aromatic rings. The topological polar surface area (TPSA) is 63.3 Å². The molecule has 1 aliphatic rings. The average molecular weight is 369 g/mol. The number of aryl methyl sites for hydroxylation is 3. The monoisotopic (exact) mass is 369 g/mol. The van der Waals surface area contributed by atoms with Gasteiger partial charge in [0.05, 0.1) is 12.2 Å². The van der Waals surface area contributed by atoms with Crippen LogP contribution in [0.15, 0.2) is 22.8 Å². The molecular weight excluding hydrogens is 346 g/mol. The van der Waals surface area contributed by atoms with E-state index in [1.807, 2.05) is 23.5 Å². The van der Waals surface area contributed by atoms with Gasteiger partial charge in [-0.1, -0.05) is 6.92 Å². The Balaban J connectivity index is 1.80. The summed E-state index contributed by atoms with van der Waals surface area (Å²) in [7, 11) is 0. The number of aliphatic carboxylic acids is 1. The van der Waals surface area contributed by atoms with Crippen LogP contribution in [0, 0.1) is 12.8 Å². The fourth-order valence-electron chi connectivity index (χ4n) is 3.99. The molecule has 3 aromatic heterocycles.